The van der Waals surface area contributed by atoms with Gasteiger partial charge in [-0.2, -0.15) is 0 Å². The van der Waals surface area contributed by atoms with Crippen LogP contribution in [0, 0.1) is 13.8 Å². The predicted molar refractivity (Wildman–Crippen MR) is 135 cm³/mol. The van der Waals surface area contributed by atoms with Crippen LogP contribution in [0.2, 0.25) is 0 Å². The van der Waals surface area contributed by atoms with Gasteiger partial charge < -0.3 is 19.4 Å². The summed E-state index contributed by atoms with van der Waals surface area (Å²) in [6, 6.07) is 12.4. The highest BCUT2D eigenvalue weighted by Crippen LogP contribution is 2.43. The fourth-order valence-corrected chi connectivity index (χ4v) is 5.58. The minimum atomic E-state index is -0.222. The summed E-state index contributed by atoms with van der Waals surface area (Å²) in [7, 11) is 0. The normalized spacial score (nSPS) is 15.4. The highest BCUT2D eigenvalue weighted by atomic mass is 32.1. The molecule has 2 aromatic heterocycles. The summed E-state index contributed by atoms with van der Waals surface area (Å²) in [6.07, 6.45) is 1.52. The van der Waals surface area contributed by atoms with Gasteiger partial charge in [0.15, 0.2) is 5.76 Å². The monoisotopic (exact) mass is 467 g/mol. The third-order valence-electron chi connectivity index (χ3n) is 6.43. The summed E-state index contributed by atoms with van der Waals surface area (Å²) in [5.74, 6) is 0.0938. The molecule has 1 unspecified atom stereocenters. The van der Waals surface area contributed by atoms with Crippen LogP contribution in [0.3, 0.4) is 0 Å². The summed E-state index contributed by atoms with van der Waals surface area (Å²) < 4.78 is 11.0. The van der Waals surface area contributed by atoms with Gasteiger partial charge in [0.05, 0.1) is 25.5 Å². The summed E-state index contributed by atoms with van der Waals surface area (Å²) in [5.41, 5.74) is 4.84. The number of nitrogens with zero attached hydrogens (tertiary/aromatic N) is 2. The number of morpholine rings is 1. The van der Waals surface area contributed by atoms with Crippen LogP contribution in [0.5, 0.6) is 0 Å². The largest absolute Gasteiger partial charge is 0.459 e. The number of amides is 1. The van der Waals surface area contributed by atoms with E-state index in [1.54, 1.807) is 23.5 Å². The van der Waals surface area contributed by atoms with Crippen LogP contribution in [0.1, 0.15) is 52.0 Å². The molecule has 6 nitrogen and oxygen atoms in total. The predicted octanol–water partition coefficient (Wildman–Crippen LogP) is 5.48. The molecule has 7 heteroatoms. The molecule has 4 rings (SSSR count). The maximum Gasteiger partial charge on any atom is 0.291 e. The van der Waals surface area contributed by atoms with E-state index in [1.165, 1.54) is 28.0 Å². The van der Waals surface area contributed by atoms with E-state index < -0.39 is 0 Å². The van der Waals surface area contributed by atoms with E-state index in [0.29, 0.717) is 19.0 Å². The van der Waals surface area contributed by atoms with Crippen molar-refractivity contribution in [2.45, 2.75) is 33.7 Å². The molecular formula is C26H33N3O3S. The number of aryl methyl sites for hydroxylation is 1. The van der Waals surface area contributed by atoms with Crippen molar-refractivity contribution in [1.29, 1.82) is 0 Å². The van der Waals surface area contributed by atoms with Crippen LogP contribution >= 0.6 is 11.3 Å². The topological polar surface area (TPSA) is 58.0 Å². The second kappa shape index (κ2) is 10.5. The number of hydrogen-bond donors (Lipinski definition) is 1. The van der Waals surface area contributed by atoms with Gasteiger partial charge in [0.2, 0.25) is 0 Å². The third-order valence-corrected chi connectivity index (χ3v) is 7.56. The first-order valence-electron chi connectivity index (χ1n) is 11.6. The van der Waals surface area contributed by atoms with Crippen LogP contribution in [0.15, 0.2) is 47.1 Å². The molecule has 1 amide bonds. The van der Waals surface area contributed by atoms with Crippen molar-refractivity contribution in [3.8, 4) is 0 Å². The Hall–Kier alpha value is -2.61. The smallest absolute Gasteiger partial charge is 0.291 e. The Labute approximate surface area is 200 Å². The standard InChI is InChI=1S/C26H33N3O3S/c1-5-28(6-2)21-11-9-20(10-12-21)24(29-13-16-31-17-14-29)23-18(3)19(4)33-26(23)27-25(30)22-8-7-15-32-22/h7-12,15,24H,5-6,13-14,16-17H2,1-4H3,(H,27,30). The lowest BCUT2D eigenvalue weighted by Gasteiger charge is -2.36. The summed E-state index contributed by atoms with van der Waals surface area (Å²) in [4.78, 5) is 18.9. The molecule has 3 aromatic rings. The maximum atomic E-state index is 12.8. The van der Waals surface area contributed by atoms with Crippen molar-refractivity contribution in [2.24, 2.45) is 0 Å². The number of furan rings is 1. The molecule has 176 valence electrons. The number of benzene rings is 1. The van der Waals surface area contributed by atoms with Crippen LogP contribution in [0.4, 0.5) is 10.7 Å². The maximum absolute atomic E-state index is 12.8. The number of thiophene rings is 1. The lowest BCUT2D eigenvalue weighted by atomic mass is 9.94. The second-order valence-electron chi connectivity index (χ2n) is 8.27. The molecule has 0 aliphatic carbocycles. The van der Waals surface area contributed by atoms with Gasteiger partial charge in [-0.1, -0.05) is 12.1 Å². The molecule has 1 fully saturated rings. The first kappa shape index (κ1) is 23.5. The lowest BCUT2D eigenvalue weighted by molar-refractivity contribution is 0.0240. The molecule has 1 aromatic carbocycles. The Kier molecular flexibility index (Phi) is 7.53. The minimum absolute atomic E-state index is 0.0384. The van der Waals surface area contributed by atoms with Crippen LogP contribution in [0.25, 0.3) is 0 Å². The zero-order chi connectivity index (χ0) is 23.4. The highest BCUT2D eigenvalue weighted by Gasteiger charge is 2.30. The molecule has 0 bridgehead atoms. The van der Waals surface area contributed by atoms with Crippen LogP contribution in [-0.4, -0.2) is 50.2 Å². The number of anilines is 2. The Balaban J connectivity index is 1.74. The van der Waals surface area contributed by atoms with Gasteiger partial charge in [0.1, 0.15) is 5.00 Å². The van der Waals surface area contributed by atoms with Gasteiger partial charge >= 0.3 is 0 Å². The number of rotatable bonds is 8. The van der Waals surface area contributed by atoms with E-state index in [9.17, 15) is 4.79 Å². The van der Waals surface area contributed by atoms with E-state index in [0.717, 1.165) is 36.7 Å². The molecule has 1 atom stereocenters. The lowest BCUT2D eigenvalue weighted by Crippen LogP contribution is -2.40. The van der Waals surface area contributed by atoms with Crippen molar-refractivity contribution in [3.63, 3.8) is 0 Å². The Morgan fingerprint density at radius 3 is 2.42 bits per heavy atom. The average Bonchev–Trinajstić information content (AvgIpc) is 3.47. The van der Waals surface area contributed by atoms with Crippen molar-refractivity contribution >= 4 is 27.9 Å². The number of hydrogen-bond acceptors (Lipinski definition) is 6. The summed E-state index contributed by atoms with van der Waals surface area (Å²) >= 11 is 1.63. The van der Waals surface area contributed by atoms with Gasteiger partial charge in [0.25, 0.3) is 5.91 Å². The molecule has 0 radical (unpaired) electrons. The molecule has 0 spiro atoms. The van der Waals surface area contributed by atoms with Crippen molar-refractivity contribution in [1.82, 2.24) is 4.90 Å². The number of ether oxygens (including phenoxy) is 1. The fraction of sp³-hybridized carbons (Fsp3) is 0.423. The van der Waals surface area contributed by atoms with Gasteiger partial charge in [-0.3, -0.25) is 9.69 Å². The van der Waals surface area contributed by atoms with Gasteiger partial charge in [-0.05, 0) is 63.1 Å². The molecule has 1 saturated heterocycles. The highest BCUT2D eigenvalue weighted by molar-refractivity contribution is 7.16. The molecule has 3 heterocycles. The van der Waals surface area contributed by atoms with Gasteiger partial charge in [0, 0.05) is 42.3 Å². The van der Waals surface area contributed by atoms with Crippen LogP contribution < -0.4 is 10.2 Å². The van der Waals surface area contributed by atoms with Gasteiger partial charge in [-0.15, -0.1) is 11.3 Å². The number of carbonyl (C=O) groups is 1. The Morgan fingerprint density at radius 2 is 1.82 bits per heavy atom. The second-order valence-corrected chi connectivity index (χ2v) is 9.50. The Bertz CT molecular complexity index is 1050. The van der Waals surface area contributed by atoms with Crippen molar-refractivity contribution in [2.75, 3.05) is 49.6 Å². The van der Waals surface area contributed by atoms with Gasteiger partial charge in [-0.25, -0.2) is 0 Å². The van der Waals surface area contributed by atoms with E-state index in [2.05, 4.69) is 67.1 Å². The third kappa shape index (κ3) is 5.00. The average molecular weight is 468 g/mol. The van der Waals surface area contributed by atoms with E-state index in [1.807, 2.05) is 0 Å². The van der Waals surface area contributed by atoms with E-state index in [-0.39, 0.29) is 11.9 Å². The molecule has 1 aliphatic heterocycles. The first-order chi connectivity index (χ1) is 16.0. The number of nitrogens with one attached hydrogen (secondary N) is 1. The summed E-state index contributed by atoms with van der Waals surface area (Å²) in [6.45, 7) is 13.7. The first-order valence-corrected chi connectivity index (χ1v) is 12.5. The Morgan fingerprint density at radius 1 is 1.12 bits per heavy atom. The van der Waals surface area contributed by atoms with E-state index in [4.69, 9.17) is 9.15 Å². The minimum Gasteiger partial charge on any atom is -0.459 e. The van der Waals surface area contributed by atoms with Crippen molar-refractivity contribution in [3.05, 3.63) is 70.0 Å². The fourth-order valence-electron chi connectivity index (χ4n) is 4.49. The molecule has 1 N–H and O–H groups in total. The SMILES string of the molecule is CCN(CC)c1ccc(C(c2c(NC(=O)c3ccco3)sc(C)c2C)N2CCOCC2)cc1. The molecule has 0 saturated carbocycles. The van der Waals surface area contributed by atoms with Crippen molar-refractivity contribution < 1.29 is 13.9 Å². The molecule has 1 aliphatic rings. The zero-order valence-electron chi connectivity index (χ0n) is 19.9. The zero-order valence-corrected chi connectivity index (χ0v) is 20.7. The molecular weight excluding hydrogens is 434 g/mol. The number of carbonyl (C=O) groups excluding carboxylic acids is 1. The van der Waals surface area contributed by atoms with Crippen LogP contribution in [-0.2, 0) is 4.74 Å². The quantitative estimate of drug-likeness (QED) is 0.476. The molecule has 33 heavy (non-hydrogen) atoms. The van der Waals surface area contributed by atoms with E-state index >= 15 is 0 Å². The summed E-state index contributed by atoms with van der Waals surface area (Å²) in [5, 5.41) is 4.02.